The minimum atomic E-state index is 0.241. The Hall–Kier alpha value is -3.30. The van der Waals surface area contributed by atoms with Crippen molar-refractivity contribution in [2.24, 2.45) is 0 Å². The van der Waals surface area contributed by atoms with Gasteiger partial charge in [0, 0.05) is 36.1 Å². The Balaban J connectivity index is 1.12. The van der Waals surface area contributed by atoms with Crippen molar-refractivity contribution in [3.8, 4) is 5.75 Å². The molecule has 4 aromatic rings. The Labute approximate surface area is 210 Å². The molecule has 2 saturated heterocycles. The third kappa shape index (κ3) is 4.85. The summed E-state index contributed by atoms with van der Waals surface area (Å²) in [6.07, 6.45) is 10.6. The van der Waals surface area contributed by atoms with Crippen LogP contribution in [0.2, 0.25) is 0 Å². The zero-order chi connectivity index (χ0) is 24.2. The van der Waals surface area contributed by atoms with Gasteiger partial charge in [-0.3, -0.25) is 9.88 Å². The molecule has 3 aromatic heterocycles. The van der Waals surface area contributed by atoms with Crippen LogP contribution in [0.15, 0.2) is 43.1 Å². The first-order valence-electron chi connectivity index (χ1n) is 13.1. The van der Waals surface area contributed by atoms with Crippen LogP contribution in [-0.4, -0.2) is 81.9 Å². The summed E-state index contributed by atoms with van der Waals surface area (Å²) in [5.41, 5.74) is 2.74. The van der Waals surface area contributed by atoms with E-state index in [4.69, 9.17) is 14.5 Å². The van der Waals surface area contributed by atoms with Gasteiger partial charge < -0.3 is 19.4 Å². The zero-order valence-corrected chi connectivity index (χ0v) is 20.6. The summed E-state index contributed by atoms with van der Waals surface area (Å²) in [6, 6.07) is 8.73. The number of fused-ring (bicyclic) bond motifs is 2. The first kappa shape index (κ1) is 23.1. The Morgan fingerprint density at radius 1 is 1.00 bits per heavy atom. The molecular formula is C27H33N7O2. The van der Waals surface area contributed by atoms with Crippen LogP contribution in [0.4, 0.5) is 5.82 Å². The van der Waals surface area contributed by atoms with E-state index in [-0.39, 0.29) is 6.04 Å². The predicted octanol–water partition coefficient (Wildman–Crippen LogP) is 3.60. The van der Waals surface area contributed by atoms with Crippen LogP contribution in [0.5, 0.6) is 5.75 Å². The largest absolute Gasteiger partial charge is 0.489 e. The number of hydrogen-bond acceptors (Lipinski definition) is 8. The number of nitrogens with one attached hydrogen (secondary N) is 1. The number of benzene rings is 1. The summed E-state index contributed by atoms with van der Waals surface area (Å²) in [7, 11) is 0. The third-order valence-corrected chi connectivity index (χ3v) is 7.37. The van der Waals surface area contributed by atoms with Gasteiger partial charge in [-0.25, -0.2) is 15.0 Å². The van der Waals surface area contributed by atoms with Crippen LogP contribution in [0.1, 0.15) is 31.4 Å². The molecule has 188 valence electrons. The number of aryl methyl sites for hydroxylation is 1. The number of aromatic amines is 1. The Bertz CT molecular complexity index is 1300. The van der Waals surface area contributed by atoms with E-state index in [1.165, 1.54) is 11.8 Å². The minimum Gasteiger partial charge on any atom is -0.489 e. The summed E-state index contributed by atoms with van der Waals surface area (Å²) >= 11 is 0. The highest BCUT2D eigenvalue weighted by Crippen LogP contribution is 2.31. The number of rotatable bonds is 9. The highest BCUT2D eigenvalue weighted by Gasteiger charge is 2.28. The van der Waals surface area contributed by atoms with Gasteiger partial charge in [-0.1, -0.05) is 24.3 Å². The van der Waals surface area contributed by atoms with E-state index in [1.54, 1.807) is 12.7 Å². The van der Waals surface area contributed by atoms with Crippen molar-refractivity contribution in [1.82, 2.24) is 29.8 Å². The third-order valence-electron chi connectivity index (χ3n) is 7.37. The number of ether oxygens (including phenoxy) is 2. The maximum absolute atomic E-state index is 6.42. The molecule has 9 heteroatoms. The molecule has 0 spiro atoms. The topological polar surface area (TPSA) is 92.3 Å². The molecule has 0 bridgehead atoms. The molecule has 2 aliphatic heterocycles. The van der Waals surface area contributed by atoms with E-state index in [0.29, 0.717) is 12.3 Å². The summed E-state index contributed by atoms with van der Waals surface area (Å²) in [4.78, 5) is 26.0. The minimum absolute atomic E-state index is 0.241. The van der Waals surface area contributed by atoms with Crippen molar-refractivity contribution in [3.05, 3.63) is 48.8 Å². The van der Waals surface area contributed by atoms with Crippen molar-refractivity contribution in [1.29, 1.82) is 0 Å². The number of imidazole rings is 1. The number of morpholine rings is 1. The average molecular weight is 488 g/mol. The zero-order valence-electron chi connectivity index (χ0n) is 20.6. The molecule has 2 aliphatic rings. The Kier molecular flexibility index (Phi) is 6.91. The second-order valence-corrected chi connectivity index (χ2v) is 9.62. The molecule has 6 rings (SSSR count). The number of unbranched alkanes of at least 4 members (excludes halogenated alkanes) is 1. The average Bonchev–Trinajstić information content (AvgIpc) is 3.60. The van der Waals surface area contributed by atoms with Crippen LogP contribution in [0.3, 0.4) is 0 Å². The maximum atomic E-state index is 6.42. The van der Waals surface area contributed by atoms with Gasteiger partial charge in [-0.05, 0) is 38.6 Å². The maximum Gasteiger partial charge on any atom is 0.182 e. The number of hydrogen-bond donors (Lipinski definition) is 1. The van der Waals surface area contributed by atoms with Crippen molar-refractivity contribution < 1.29 is 9.47 Å². The van der Waals surface area contributed by atoms with E-state index in [0.717, 1.165) is 93.2 Å². The van der Waals surface area contributed by atoms with Gasteiger partial charge in [0.25, 0.3) is 0 Å². The fourth-order valence-corrected chi connectivity index (χ4v) is 5.44. The highest BCUT2D eigenvalue weighted by molar-refractivity contribution is 5.89. The fraction of sp³-hybridized carbons (Fsp3) is 0.481. The molecule has 1 aromatic carbocycles. The van der Waals surface area contributed by atoms with E-state index in [2.05, 4.69) is 54.0 Å². The van der Waals surface area contributed by atoms with Gasteiger partial charge in [-0.2, -0.15) is 0 Å². The van der Waals surface area contributed by atoms with Crippen molar-refractivity contribution in [3.63, 3.8) is 0 Å². The van der Waals surface area contributed by atoms with Gasteiger partial charge >= 0.3 is 0 Å². The molecule has 36 heavy (non-hydrogen) atoms. The van der Waals surface area contributed by atoms with Crippen LogP contribution < -0.4 is 9.64 Å². The predicted molar refractivity (Wildman–Crippen MR) is 139 cm³/mol. The number of aromatic nitrogens is 5. The molecule has 0 aliphatic carbocycles. The standard InChI is InChI=1S/C27H33N7O2/c1-2-8-22-21(7-1)23(9-3-4-10-33-12-14-35-15-13-33)28-16-24(22)36-17-20-6-5-11-34(20)27-25-26(30-18-29-25)31-19-32-27/h1-2,7-8,16,18-20H,3-6,9-15,17H2,(H,29,30,31,32)/t20-/m1/s1. The van der Waals surface area contributed by atoms with E-state index >= 15 is 0 Å². The van der Waals surface area contributed by atoms with E-state index in [1.807, 2.05) is 6.20 Å². The number of anilines is 1. The Morgan fingerprint density at radius 3 is 2.81 bits per heavy atom. The molecule has 1 atom stereocenters. The summed E-state index contributed by atoms with van der Waals surface area (Å²) < 4.78 is 11.9. The molecule has 2 fully saturated rings. The van der Waals surface area contributed by atoms with Gasteiger partial charge in [-0.15, -0.1) is 0 Å². The van der Waals surface area contributed by atoms with Crippen molar-refractivity contribution in [2.75, 3.05) is 50.9 Å². The lowest BCUT2D eigenvalue weighted by atomic mass is 10.0. The molecule has 1 N–H and O–H groups in total. The molecule has 0 amide bonds. The fourth-order valence-electron chi connectivity index (χ4n) is 5.44. The number of nitrogens with zero attached hydrogens (tertiary/aromatic N) is 6. The second kappa shape index (κ2) is 10.8. The molecule has 9 nitrogen and oxygen atoms in total. The summed E-state index contributed by atoms with van der Waals surface area (Å²) in [5, 5.41) is 2.33. The van der Waals surface area contributed by atoms with Crippen LogP contribution in [0.25, 0.3) is 21.9 Å². The normalized spacial score (nSPS) is 18.9. The molecule has 0 saturated carbocycles. The van der Waals surface area contributed by atoms with Gasteiger partial charge in [0.15, 0.2) is 11.5 Å². The quantitative estimate of drug-likeness (QED) is 0.358. The highest BCUT2D eigenvalue weighted by atomic mass is 16.5. The molecule has 0 radical (unpaired) electrons. The lowest BCUT2D eigenvalue weighted by molar-refractivity contribution is 0.0372. The van der Waals surface area contributed by atoms with Crippen LogP contribution in [0, 0.1) is 0 Å². The first-order chi connectivity index (χ1) is 17.9. The van der Waals surface area contributed by atoms with E-state index < -0.39 is 0 Å². The molecule has 5 heterocycles. The lowest BCUT2D eigenvalue weighted by Crippen LogP contribution is -2.36. The van der Waals surface area contributed by atoms with Crippen molar-refractivity contribution >= 4 is 27.8 Å². The molecule has 0 unspecified atom stereocenters. The Morgan fingerprint density at radius 2 is 1.89 bits per heavy atom. The van der Waals surface area contributed by atoms with Gasteiger partial charge in [0.05, 0.1) is 31.8 Å². The van der Waals surface area contributed by atoms with Crippen molar-refractivity contribution in [2.45, 2.75) is 38.1 Å². The first-order valence-corrected chi connectivity index (χ1v) is 13.1. The summed E-state index contributed by atoms with van der Waals surface area (Å²) in [5.74, 6) is 1.75. The van der Waals surface area contributed by atoms with Gasteiger partial charge in [0.1, 0.15) is 24.2 Å². The second-order valence-electron chi connectivity index (χ2n) is 9.62. The van der Waals surface area contributed by atoms with E-state index in [9.17, 15) is 0 Å². The summed E-state index contributed by atoms with van der Waals surface area (Å²) in [6.45, 7) is 6.49. The smallest absolute Gasteiger partial charge is 0.182 e. The van der Waals surface area contributed by atoms with Crippen LogP contribution in [-0.2, 0) is 11.2 Å². The number of H-pyrrole nitrogens is 1. The number of pyridine rings is 1. The molecular weight excluding hydrogens is 454 g/mol. The van der Waals surface area contributed by atoms with Crippen LogP contribution >= 0.6 is 0 Å². The monoisotopic (exact) mass is 487 g/mol. The van der Waals surface area contributed by atoms with Gasteiger partial charge in [0.2, 0.25) is 0 Å². The SMILES string of the molecule is c1ccc2c(CCCCN3CCOCC3)ncc(OC[C@H]3CCCN3c3ncnc4nc[nH]c34)c2c1. The lowest BCUT2D eigenvalue weighted by Gasteiger charge is -2.26.